The lowest BCUT2D eigenvalue weighted by Crippen LogP contribution is -1.86. The third kappa shape index (κ3) is 3.01. The zero-order valence-corrected chi connectivity index (χ0v) is 9.90. The van der Waals surface area contributed by atoms with Crippen LogP contribution in [0.4, 0.5) is 0 Å². The molecule has 5 heteroatoms. The predicted molar refractivity (Wildman–Crippen MR) is 60.8 cm³/mol. The fourth-order valence-corrected chi connectivity index (χ4v) is 1.70. The zero-order valence-electron chi connectivity index (χ0n) is 6.80. The third-order valence-electron chi connectivity index (χ3n) is 1.45. The molecular weight excluding hydrogens is 291 g/mol. The number of carboxylic acid groups (broad SMARTS) is 1. The highest BCUT2D eigenvalue weighted by Gasteiger charge is 2.03. The Labute approximate surface area is 99.3 Å². The lowest BCUT2D eigenvalue weighted by atomic mass is 10.2. The Balaban J connectivity index is 3.10. The Morgan fingerprint density at radius 2 is 2.00 bits per heavy atom. The van der Waals surface area contributed by atoms with Crippen LogP contribution >= 0.6 is 39.1 Å². The van der Waals surface area contributed by atoms with Crippen LogP contribution in [0.15, 0.2) is 22.7 Å². The van der Waals surface area contributed by atoms with Gasteiger partial charge in [0.1, 0.15) is 0 Å². The highest BCUT2D eigenvalue weighted by atomic mass is 79.9. The predicted octanol–water partition coefficient (Wildman–Crippen LogP) is 3.85. The van der Waals surface area contributed by atoms with Crippen LogP contribution in [0.5, 0.6) is 0 Å². The Kier molecular flexibility index (Phi) is 3.98. The molecule has 0 unspecified atom stereocenters. The first-order chi connectivity index (χ1) is 6.50. The van der Waals surface area contributed by atoms with Crippen LogP contribution in [0, 0.1) is 0 Å². The van der Waals surface area contributed by atoms with Crippen LogP contribution in [0.25, 0.3) is 6.08 Å². The average Bonchev–Trinajstić information content (AvgIpc) is 2.09. The molecule has 0 atom stereocenters. The van der Waals surface area contributed by atoms with Crippen LogP contribution in [-0.2, 0) is 4.79 Å². The van der Waals surface area contributed by atoms with E-state index >= 15 is 0 Å². The van der Waals surface area contributed by atoms with E-state index in [4.69, 9.17) is 28.3 Å². The van der Waals surface area contributed by atoms with Crippen LogP contribution in [-0.4, -0.2) is 11.1 Å². The van der Waals surface area contributed by atoms with Crippen LogP contribution < -0.4 is 0 Å². The van der Waals surface area contributed by atoms with E-state index in [1.807, 2.05) is 0 Å². The lowest BCUT2D eigenvalue weighted by Gasteiger charge is -2.01. The van der Waals surface area contributed by atoms with Crippen molar-refractivity contribution in [2.75, 3.05) is 0 Å². The van der Waals surface area contributed by atoms with E-state index in [1.165, 1.54) is 6.08 Å². The quantitative estimate of drug-likeness (QED) is 0.664. The normalized spacial score (nSPS) is 10.8. The van der Waals surface area contributed by atoms with Crippen molar-refractivity contribution in [3.63, 3.8) is 0 Å². The molecule has 0 saturated carbocycles. The Hall–Kier alpha value is -0.510. The molecule has 2 nitrogen and oxygen atoms in total. The molecule has 0 aliphatic rings. The maximum Gasteiger partial charge on any atom is 0.328 e. The number of carbonyl (C=O) groups is 1. The van der Waals surface area contributed by atoms with E-state index in [0.29, 0.717) is 20.1 Å². The Bertz CT molecular complexity index is 402. The first kappa shape index (κ1) is 11.6. The number of halogens is 3. The van der Waals surface area contributed by atoms with Gasteiger partial charge in [-0.05, 0) is 39.7 Å². The second kappa shape index (κ2) is 4.82. The van der Waals surface area contributed by atoms with Gasteiger partial charge in [-0.3, -0.25) is 0 Å². The van der Waals surface area contributed by atoms with Crippen LogP contribution in [0.2, 0.25) is 10.0 Å². The van der Waals surface area contributed by atoms with Gasteiger partial charge in [0.2, 0.25) is 0 Å². The van der Waals surface area contributed by atoms with Crippen molar-refractivity contribution in [1.29, 1.82) is 0 Å². The topological polar surface area (TPSA) is 37.3 Å². The maximum absolute atomic E-state index is 10.3. The highest BCUT2D eigenvalue weighted by molar-refractivity contribution is 9.10. The molecule has 14 heavy (non-hydrogen) atoms. The number of benzene rings is 1. The minimum absolute atomic E-state index is 0.443. The van der Waals surface area contributed by atoms with E-state index in [0.717, 1.165) is 6.08 Å². The van der Waals surface area contributed by atoms with Gasteiger partial charge in [0.25, 0.3) is 0 Å². The summed E-state index contributed by atoms with van der Waals surface area (Å²) in [6.45, 7) is 0. The highest BCUT2D eigenvalue weighted by Crippen LogP contribution is 2.29. The fraction of sp³-hybridized carbons (Fsp3) is 0. The molecule has 0 bridgehead atoms. The molecule has 0 aliphatic heterocycles. The maximum atomic E-state index is 10.3. The number of hydrogen-bond acceptors (Lipinski definition) is 1. The summed E-state index contributed by atoms with van der Waals surface area (Å²) in [6, 6.07) is 3.21. The molecule has 0 heterocycles. The van der Waals surface area contributed by atoms with Gasteiger partial charge in [0.15, 0.2) is 0 Å². The van der Waals surface area contributed by atoms with Gasteiger partial charge in [-0.1, -0.05) is 23.2 Å². The largest absolute Gasteiger partial charge is 0.478 e. The third-order valence-corrected chi connectivity index (χ3v) is 2.97. The molecular formula is C9H5BrCl2O2. The van der Waals surface area contributed by atoms with E-state index in [2.05, 4.69) is 15.9 Å². The molecule has 0 radical (unpaired) electrons. The number of aliphatic carboxylic acids is 1. The lowest BCUT2D eigenvalue weighted by molar-refractivity contribution is -0.131. The fourth-order valence-electron chi connectivity index (χ4n) is 0.827. The van der Waals surface area contributed by atoms with E-state index in [1.54, 1.807) is 12.1 Å². The van der Waals surface area contributed by atoms with Gasteiger partial charge >= 0.3 is 5.97 Å². The van der Waals surface area contributed by atoms with E-state index in [9.17, 15) is 4.79 Å². The molecule has 0 fully saturated rings. The molecule has 0 spiro atoms. The summed E-state index contributed by atoms with van der Waals surface area (Å²) in [5.41, 5.74) is 0.572. The summed E-state index contributed by atoms with van der Waals surface area (Å²) in [4.78, 5) is 10.3. The zero-order chi connectivity index (χ0) is 10.7. The van der Waals surface area contributed by atoms with Crippen LogP contribution in [0.3, 0.4) is 0 Å². The van der Waals surface area contributed by atoms with E-state index in [-0.39, 0.29) is 0 Å². The number of hydrogen-bond donors (Lipinski definition) is 1. The molecule has 1 rings (SSSR count). The smallest absolute Gasteiger partial charge is 0.328 e. The van der Waals surface area contributed by atoms with Gasteiger partial charge < -0.3 is 5.11 Å². The molecule has 0 saturated heterocycles. The summed E-state index contributed by atoms with van der Waals surface area (Å²) in [5, 5.41) is 9.35. The van der Waals surface area contributed by atoms with Crippen molar-refractivity contribution < 1.29 is 9.90 Å². The van der Waals surface area contributed by atoms with Crippen molar-refractivity contribution in [2.45, 2.75) is 0 Å². The van der Waals surface area contributed by atoms with Crippen molar-refractivity contribution in [3.8, 4) is 0 Å². The van der Waals surface area contributed by atoms with E-state index < -0.39 is 5.97 Å². The SMILES string of the molecule is O=C(O)/C=C/c1cc(Cl)c(Br)cc1Cl. The van der Waals surface area contributed by atoms with Crippen molar-refractivity contribution in [2.24, 2.45) is 0 Å². The molecule has 1 aromatic rings. The van der Waals surface area contributed by atoms with Gasteiger partial charge in [0.05, 0.1) is 5.02 Å². The molecule has 74 valence electrons. The minimum atomic E-state index is -1.03. The van der Waals surface area contributed by atoms with Crippen molar-refractivity contribution in [3.05, 3.63) is 38.3 Å². The molecule has 0 amide bonds. The summed E-state index contributed by atoms with van der Waals surface area (Å²) in [7, 11) is 0. The number of carboxylic acids is 1. The first-order valence-electron chi connectivity index (χ1n) is 3.56. The van der Waals surface area contributed by atoms with Crippen molar-refractivity contribution >= 4 is 51.2 Å². The van der Waals surface area contributed by atoms with Gasteiger partial charge in [-0.25, -0.2) is 4.79 Å². The minimum Gasteiger partial charge on any atom is -0.478 e. The molecule has 0 aromatic heterocycles. The monoisotopic (exact) mass is 294 g/mol. The Morgan fingerprint density at radius 1 is 1.36 bits per heavy atom. The average molecular weight is 296 g/mol. The van der Waals surface area contributed by atoms with Crippen molar-refractivity contribution in [1.82, 2.24) is 0 Å². The molecule has 1 N–H and O–H groups in total. The summed E-state index contributed by atoms with van der Waals surface area (Å²) in [5.74, 6) is -1.03. The van der Waals surface area contributed by atoms with Gasteiger partial charge in [-0.2, -0.15) is 0 Å². The standard InChI is InChI=1S/C9H5BrCl2O2/c10-6-4-7(11)5(3-8(6)12)1-2-9(13)14/h1-4H,(H,13,14)/b2-1+. The summed E-state index contributed by atoms with van der Waals surface area (Å²) >= 11 is 14.9. The number of rotatable bonds is 2. The molecule has 0 aliphatic carbocycles. The Morgan fingerprint density at radius 3 is 2.57 bits per heavy atom. The first-order valence-corrected chi connectivity index (χ1v) is 5.11. The van der Waals surface area contributed by atoms with Gasteiger partial charge in [0, 0.05) is 15.6 Å². The van der Waals surface area contributed by atoms with Crippen LogP contribution in [0.1, 0.15) is 5.56 Å². The second-order valence-electron chi connectivity index (χ2n) is 2.46. The summed E-state index contributed by atoms with van der Waals surface area (Å²) < 4.78 is 0.677. The molecule has 1 aromatic carbocycles. The second-order valence-corrected chi connectivity index (χ2v) is 4.13. The summed E-state index contributed by atoms with van der Waals surface area (Å²) in [6.07, 6.45) is 2.40. The van der Waals surface area contributed by atoms with Gasteiger partial charge in [-0.15, -0.1) is 0 Å².